The van der Waals surface area contributed by atoms with Crippen molar-refractivity contribution in [3.63, 3.8) is 0 Å². The Labute approximate surface area is 123 Å². The van der Waals surface area contributed by atoms with Gasteiger partial charge in [0.15, 0.2) is 5.17 Å². The SMILES string of the molecule is CC1(c2cc(Br)ccc2F)CC2(COC2)SC(N)=N1. The van der Waals surface area contributed by atoms with Gasteiger partial charge in [-0.3, -0.25) is 4.99 Å². The number of hydrogen-bond donors (Lipinski definition) is 1. The zero-order chi connectivity index (χ0) is 13.7. The molecule has 1 atom stereocenters. The third-order valence-corrected chi connectivity index (χ3v) is 5.19. The second-order valence-corrected chi connectivity index (χ2v) is 7.71. The van der Waals surface area contributed by atoms with Gasteiger partial charge in [0.1, 0.15) is 5.82 Å². The Bertz CT molecular complexity index is 562. The Morgan fingerprint density at radius 3 is 2.84 bits per heavy atom. The van der Waals surface area contributed by atoms with E-state index < -0.39 is 5.54 Å². The summed E-state index contributed by atoms with van der Waals surface area (Å²) in [5.74, 6) is -0.246. The molecule has 1 aromatic rings. The second kappa shape index (κ2) is 4.46. The van der Waals surface area contributed by atoms with Crippen LogP contribution in [0.25, 0.3) is 0 Å². The van der Waals surface area contributed by atoms with Crippen LogP contribution in [0.2, 0.25) is 0 Å². The molecule has 3 nitrogen and oxygen atoms in total. The van der Waals surface area contributed by atoms with E-state index in [1.807, 2.05) is 6.92 Å². The smallest absolute Gasteiger partial charge is 0.155 e. The molecule has 1 fully saturated rings. The summed E-state index contributed by atoms with van der Waals surface area (Å²) < 4.78 is 20.2. The van der Waals surface area contributed by atoms with Crippen LogP contribution in [0.3, 0.4) is 0 Å². The monoisotopic (exact) mass is 344 g/mol. The first kappa shape index (κ1) is 13.4. The fraction of sp³-hybridized carbons (Fsp3) is 0.462. The molecule has 1 aromatic carbocycles. The summed E-state index contributed by atoms with van der Waals surface area (Å²) in [5.41, 5.74) is 5.89. The Balaban J connectivity index is 2.06. The molecular weight excluding hydrogens is 331 g/mol. The number of benzene rings is 1. The van der Waals surface area contributed by atoms with Gasteiger partial charge in [-0.25, -0.2) is 4.39 Å². The van der Waals surface area contributed by atoms with Gasteiger partial charge < -0.3 is 10.5 Å². The number of rotatable bonds is 1. The molecule has 1 spiro atoms. The highest BCUT2D eigenvalue weighted by Crippen LogP contribution is 2.49. The van der Waals surface area contributed by atoms with E-state index in [0.29, 0.717) is 23.9 Å². The molecule has 2 heterocycles. The van der Waals surface area contributed by atoms with Crippen molar-refractivity contribution in [1.82, 2.24) is 0 Å². The minimum atomic E-state index is -0.632. The molecule has 19 heavy (non-hydrogen) atoms. The van der Waals surface area contributed by atoms with Crippen LogP contribution in [0, 0.1) is 5.82 Å². The Hall–Kier alpha value is -0.590. The van der Waals surface area contributed by atoms with Gasteiger partial charge in [-0.05, 0) is 31.5 Å². The molecule has 3 rings (SSSR count). The zero-order valence-electron chi connectivity index (χ0n) is 10.5. The topological polar surface area (TPSA) is 47.6 Å². The van der Waals surface area contributed by atoms with Crippen LogP contribution >= 0.6 is 27.7 Å². The highest BCUT2D eigenvalue weighted by atomic mass is 79.9. The second-order valence-electron chi connectivity index (χ2n) is 5.30. The largest absolute Gasteiger partial charge is 0.378 e. The molecule has 2 N–H and O–H groups in total. The third-order valence-electron chi connectivity index (χ3n) is 3.58. The van der Waals surface area contributed by atoms with Gasteiger partial charge in [-0.1, -0.05) is 27.7 Å². The van der Waals surface area contributed by atoms with E-state index in [0.717, 1.165) is 10.9 Å². The van der Waals surface area contributed by atoms with Crippen molar-refractivity contribution in [2.45, 2.75) is 23.6 Å². The first-order valence-electron chi connectivity index (χ1n) is 6.00. The summed E-state index contributed by atoms with van der Waals surface area (Å²) in [5, 5.41) is 0.511. The van der Waals surface area contributed by atoms with Crippen molar-refractivity contribution < 1.29 is 9.13 Å². The molecule has 6 heteroatoms. The number of nitrogens with zero attached hydrogens (tertiary/aromatic N) is 1. The zero-order valence-corrected chi connectivity index (χ0v) is 12.9. The van der Waals surface area contributed by atoms with E-state index >= 15 is 0 Å². The lowest BCUT2D eigenvalue weighted by Crippen LogP contribution is -2.54. The normalized spacial score (nSPS) is 28.9. The van der Waals surface area contributed by atoms with Gasteiger partial charge >= 0.3 is 0 Å². The average Bonchev–Trinajstić information content (AvgIpc) is 2.29. The molecule has 1 unspecified atom stereocenters. The summed E-state index contributed by atoms with van der Waals surface area (Å²) in [7, 11) is 0. The van der Waals surface area contributed by atoms with E-state index in [4.69, 9.17) is 10.5 Å². The van der Waals surface area contributed by atoms with Crippen LogP contribution in [-0.4, -0.2) is 23.1 Å². The lowest BCUT2D eigenvalue weighted by molar-refractivity contribution is -0.0211. The molecule has 2 aliphatic rings. The van der Waals surface area contributed by atoms with Gasteiger partial charge in [0.2, 0.25) is 0 Å². The molecule has 0 radical (unpaired) electrons. The van der Waals surface area contributed by atoms with Gasteiger partial charge in [-0.15, -0.1) is 0 Å². The standard InChI is InChI=1S/C13H14BrFN2OS/c1-12(9-4-8(14)2-3-10(9)15)5-13(6-18-7-13)19-11(16)17-12/h2-4H,5-7H2,1H3,(H2,16,17). The van der Waals surface area contributed by atoms with E-state index in [1.165, 1.54) is 6.07 Å². The quantitative estimate of drug-likeness (QED) is 0.851. The number of ether oxygens (including phenoxy) is 1. The molecule has 0 bridgehead atoms. The van der Waals surface area contributed by atoms with Crippen LogP contribution in [0.15, 0.2) is 27.7 Å². The van der Waals surface area contributed by atoms with Crippen LogP contribution in [-0.2, 0) is 10.3 Å². The Morgan fingerprint density at radius 1 is 1.47 bits per heavy atom. The van der Waals surface area contributed by atoms with Crippen molar-refractivity contribution >= 4 is 32.9 Å². The number of hydrogen-bond acceptors (Lipinski definition) is 4. The Morgan fingerprint density at radius 2 is 2.21 bits per heavy atom. The van der Waals surface area contributed by atoms with E-state index in [1.54, 1.807) is 23.9 Å². The molecular formula is C13H14BrFN2OS. The Kier molecular flexibility index (Phi) is 3.15. The van der Waals surface area contributed by atoms with Crippen LogP contribution in [0.4, 0.5) is 4.39 Å². The molecule has 102 valence electrons. The maximum absolute atomic E-state index is 14.1. The van der Waals surface area contributed by atoms with Gasteiger partial charge in [0.05, 0.1) is 23.5 Å². The number of amidine groups is 1. The molecule has 0 saturated carbocycles. The minimum Gasteiger partial charge on any atom is -0.378 e. The summed E-state index contributed by atoms with van der Waals surface area (Å²) in [6.45, 7) is 3.24. The maximum atomic E-state index is 14.1. The maximum Gasteiger partial charge on any atom is 0.155 e. The fourth-order valence-corrected chi connectivity index (χ4v) is 4.44. The van der Waals surface area contributed by atoms with Crippen LogP contribution < -0.4 is 5.73 Å². The highest BCUT2D eigenvalue weighted by molar-refractivity contribution is 9.10. The molecule has 0 aliphatic carbocycles. The molecule has 0 amide bonds. The lowest BCUT2D eigenvalue weighted by atomic mass is 9.81. The van der Waals surface area contributed by atoms with Crippen molar-refractivity contribution in [3.8, 4) is 0 Å². The van der Waals surface area contributed by atoms with Crippen molar-refractivity contribution in [1.29, 1.82) is 0 Å². The molecule has 0 aromatic heterocycles. The van der Waals surface area contributed by atoms with E-state index in [2.05, 4.69) is 20.9 Å². The number of thioether (sulfide) groups is 1. The number of halogens is 2. The first-order valence-corrected chi connectivity index (χ1v) is 7.61. The predicted molar refractivity (Wildman–Crippen MR) is 78.8 cm³/mol. The van der Waals surface area contributed by atoms with Gasteiger partial charge in [0, 0.05) is 10.0 Å². The molecule has 1 saturated heterocycles. The van der Waals surface area contributed by atoms with Crippen LogP contribution in [0.1, 0.15) is 18.9 Å². The lowest BCUT2D eigenvalue weighted by Gasteiger charge is -2.48. The summed E-state index contributed by atoms with van der Waals surface area (Å²) in [6.07, 6.45) is 0.735. The summed E-state index contributed by atoms with van der Waals surface area (Å²) in [4.78, 5) is 4.50. The minimum absolute atomic E-state index is 0.0463. The van der Waals surface area contributed by atoms with Gasteiger partial charge in [0.25, 0.3) is 0 Å². The first-order chi connectivity index (χ1) is 8.92. The van der Waals surface area contributed by atoms with Gasteiger partial charge in [-0.2, -0.15) is 0 Å². The average molecular weight is 345 g/mol. The summed E-state index contributed by atoms with van der Waals surface area (Å²) in [6, 6.07) is 4.94. The predicted octanol–water partition coefficient (Wildman–Crippen LogP) is 3.02. The van der Waals surface area contributed by atoms with Crippen molar-refractivity contribution in [2.75, 3.05) is 13.2 Å². The number of aliphatic imine (C=N–C) groups is 1. The number of nitrogens with two attached hydrogens (primary N) is 1. The van der Waals surface area contributed by atoms with Crippen LogP contribution in [0.5, 0.6) is 0 Å². The van der Waals surface area contributed by atoms with E-state index in [9.17, 15) is 4.39 Å². The summed E-state index contributed by atoms with van der Waals surface area (Å²) >= 11 is 4.94. The van der Waals surface area contributed by atoms with Crippen molar-refractivity contribution in [2.24, 2.45) is 10.7 Å². The third kappa shape index (κ3) is 2.30. The van der Waals surface area contributed by atoms with Crippen molar-refractivity contribution in [3.05, 3.63) is 34.1 Å². The fourth-order valence-electron chi connectivity index (χ4n) is 2.75. The van der Waals surface area contributed by atoms with E-state index in [-0.39, 0.29) is 10.6 Å². The molecule has 2 aliphatic heterocycles. The highest BCUT2D eigenvalue weighted by Gasteiger charge is 2.50.